The molecule has 0 aliphatic carbocycles. The van der Waals surface area contributed by atoms with Gasteiger partial charge in [-0.1, -0.05) is 35.5 Å². The van der Waals surface area contributed by atoms with E-state index in [-0.39, 0.29) is 11.7 Å². The lowest BCUT2D eigenvalue weighted by Crippen LogP contribution is -2.12. The summed E-state index contributed by atoms with van der Waals surface area (Å²) in [5.74, 6) is -0.173. The van der Waals surface area contributed by atoms with Gasteiger partial charge in [0.25, 0.3) is 5.91 Å². The maximum absolute atomic E-state index is 12.3. The number of hydrogen-bond donors (Lipinski definition) is 1. The Morgan fingerprint density at radius 3 is 2.72 bits per heavy atom. The van der Waals surface area contributed by atoms with Gasteiger partial charge in [-0.25, -0.2) is 0 Å². The second-order valence-electron chi connectivity index (χ2n) is 6.64. The third kappa shape index (κ3) is 5.37. The van der Waals surface area contributed by atoms with E-state index < -0.39 is 5.97 Å². The largest absolute Gasteiger partial charge is 0.426 e. The Morgan fingerprint density at radius 2 is 2.00 bits per heavy atom. The van der Waals surface area contributed by atoms with E-state index in [1.165, 1.54) is 23.1 Å². The molecule has 0 unspecified atom stereocenters. The standard InChI is InChI=1S/C22H17ClN4O3S2/c1-14-4-7-16(11-18(14)23)27-13-24-26-22(27)32-12-20(28)30-17-8-5-15(6-9-17)25-21(29)19-3-2-10-31-19/h2-11,13H,12H2,1H3,(H,25,29). The first-order chi connectivity index (χ1) is 15.5. The number of halogens is 1. The van der Waals surface area contributed by atoms with Crippen molar-refractivity contribution < 1.29 is 14.3 Å². The molecule has 7 nitrogen and oxygen atoms in total. The fourth-order valence-electron chi connectivity index (χ4n) is 2.72. The number of hydrogen-bond acceptors (Lipinski definition) is 7. The van der Waals surface area contributed by atoms with Gasteiger partial charge in [-0.3, -0.25) is 14.2 Å². The zero-order chi connectivity index (χ0) is 22.5. The van der Waals surface area contributed by atoms with Crippen LogP contribution in [-0.2, 0) is 4.79 Å². The molecule has 0 spiro atoms. The third-order valence-corrected chi connectivity index (χ3v) is 6.55. The summed E-state index contributed by atoms with van der Waals surface area (Å²) in [6, 6.07) is 15.8. The first kappa shape index (κ1) is 22.1. The van der Waals surface area contributed by atoms with Crippen LogP contribution in [-0.4, -0.2) is 32.4 Å². The lowest BCUT2D eigenvalue weighted by Gasteiger charge is -2.08. The molecule has 0 radical (unpaired) electrons. The maximum Gasteiger partial charge on any atom is 0.321 e. The van der Waals surface area contributed by atoms with Crippen LogP contribution >= 0.6 is 34.7 Å². The zero-order valence-corrected chi connectivity index (χ0v) is 19.2. The van der Waals surface area contributed by atoms with Crippen LogP contribution in [0.1, 0.15) is 15.2 Å². The summed E-state index contributed by atoms with van der Waals surface area (Å²) >= 11 is 8.79. The summed E-state index contributed by atoms with van der Waals surface area (Å²) < 4.78 is 7.13. The highest BCUT2D eigenvalue weighted by Gasteiger charge is 2.13. The lowest BCUT2D eigenvalue weighted by atomic mass is 10.2. The molecule has 0 aliphatic heterocycles. The van der Waals surface area contributed by atoms with Gasteiger partial charge in [0.2, 0.25) is 0 Å². The van der Waals surface area contributed by atoms with Gasteiger partial charge in [-0.05, 0) is 60.3 Å². The van der Waals surface area contributed by atoms with Gasteiger partial charge in [0.1, 0.15) is 12.1 Å². The van der Waals surface area contributed by atoms with Crippen LogP contribution in [0.4, 0.5) is 5.69 Å². The Balaban J connectivity index is 1.32. The number of benzene rings is 2. The molecule has 2 heterocycles. The van der Waals surface area contributed by atoms with Gasteiger partial charge >= 0.3 is 5.97 Å². The van der Waals surface area contributed by atoms with Crippen molar-refractivity contribution in [1.82, 2.24) is 14.8 Å². The van der Waals surface area contributed by atoms with Crippen molar-refractivity contribution in [2.75, 3.05) is 11.1 Å². The number of amides is 1. The number of thiophene rings is 1. The molecule has 1 amide bonds. The number of esters is 1. The van der Waals surface area contributed by atoms with E-state index in [1.807, 2.05) is 36.6 Å². The number of ether oxygens (including phenoxy) is 1. The molecule has 0 fully saturated rings. The van der Waals surface area contributed by atoms with Crippen molar-refractivity contribution in [3.8, 4) is 11.4 Å². The first-order valence-electron chi connectivity index (χ1n) is 9.44. The van der Waals surface area contributed by atoms with Crippen LogP contribution < -0.4 is 10.1 Å². The monoisotopic (exact) mass is 484 g/mol. The average Bonchev–Trinajstić information content (AvgIpc) is 3.48. The molecule has 10 heteroatoms. The van der Waals surface area contributed by atoms with Gasteiger partial charge in [0.05, 0.1) is 16.3 Å². The summed E-state index contributed by atoms with van der Waals surface area (Å²) in [4.78, 5) is 25.0. The van der Waals surface area contributed by atoms with E-state index in [4.69, 9.17) is 16.3 Å². The number of rotatable bonds is 7. The number of carbonyl (C=O) groups is 2. The number of nitrogens with one attached hydrogen (secondary N) is 1. The van der Waals surface area contributed by atoms with E-state index >= 15 is 0 Å². The fourth-order valence-corrected chi connectivity index (χ4v) is 4.22. The summed E-state index contributed by atoms with van der Waals surface area (Å²) in [5.41, 5.74) is 2.39. The zero-order valence-electron chi connectivity index (χ0n) is 16.8. The predicted molar refractivity (Wildman–Crippen MR) is 126 cm³/mol. The number of carbonyl (C=O) groups excluding carboxylic acids is 2. The number of aromatic nitrogens is 3. The van der Waals surface area contributed by atoms with Crippen molar-refractivity contribution in [1.29, 1.82) is 0 Å². The number of nitrogens with zero attached hydrogens (tertiary/aromatic N) is 3. The molecule has 4 aromatic rings. The minimum absolute atomic E-state index is 0.0507. The Hall–Kier alpha value is -3.14. The number of thioether (sulfide) groups is 1. The van der Waals surface area contributed by atoms with E-state index in [1.54, 1.807) is 41.2 Å². The minimum Gasteiger partial charge on any atom is -0.426 e. The molecule has 0 saturated heterocycles. The molecule has 1 N–H and O–H groups in total. The van der Waals surface area contributed by atoms with E-state index in [0.717, 1.165) is 11.3 Å². The Bertz CT molecular complexity index is 1240. The van der Waals surface area contributed by atoms with E-state index in [0.29, 0.717) is 26.5 Å². The molecule has 0 atom stereocenters. The highest BCUT2D eigenvalue weighted by atomic mass is 35.5. The van der Waals surface area contributed by atoms with Crippen LogP contribution in [0, 0.1) is 6.92 Å². The van der Waals surface area contributed by atoms with Gasteiger partial charge in [0, 0.05) is 10.7 Å². The van der Waals surface area contributed by atoms with Gasteiger partial charge in [-0.2, -0.15) is 0 Å². The lowest BCUT2D eigenvalue weighted by molar-refractivity contribution is -0.131. The molecule has 162 valence electrons. The van der Waals surface area contributed by atoms with Gasteiger partial charge in [0.15, 0.2) is 5.16 Å². The second kappa shape index (κ2) is 9.99. The molecule has 4 rings (SSSR count). The van der Waals surface area contributed by atoms with Crippen LogP contribution in [0.3, 0.4) is 0 Å². The summed E-state index contributed by atoms with van der Waals surface area (Å²) in [6.07, 6.45) is 1.57. The van der Waals surface area contributed by atoms with Crippen LogP contribution in [0.5, 0.6) is 5.75 Å². The van der Waals surface area contributed by atoms with Crippen molar-refractivity contribution >= 4 is 52.3 Å². The SMILES string of the molecule is Cc1ccc(-n2cnnc2SCC(=O)Oc2ccc(NC(=O)c3cccs3)cc2)cc1Cl. The van der Waals surface area contributed by atoms with Crippen molar-refractivity contribution in [3.63, 3.8) is 0 Å². The Morgan fingerprint density at radius 1 is 1.19 bits per heavy atom. The van der Waals surface area contributed by atoms with Crippen LogP contribution in [0.15, 0.2) is 71.5 Å². The molecule has 32 heavy (non-hydrogen) atoms. The maximum atomic E-state index is 12.3. The van der Waals surface area contributed by atoms with E-state index in [2.05, 4.69) is 15.5 Å². The summed E-state index contributed by atoms with van der Waals surface area (Å²) in [5, 5.41) is 13.8. The van der Waals surface area contributed by atoms with Crippen LogP contribution in [0.2, 0.25) is 5.02 Å². The van der Waals surface area contributed by atoms with E-state index in [9.17, 15) is 9.59 Å². The fraction of sp³-hybridized carbons (Fsp3) is 0.0909. The highest BCUT2D eigenvalue weighted by Crippen LogP contribution is 2.24. The first-order valence-corrected chi connectivity index (χ1v) is 11.7. The molecule has 2 aromatic carbocycles. The van der Waals surface area contributed by atoms with Gasteiger partial charge in [-0.15, -0.1) is 21.5 Å². The Labute approximate surface area is 197 Å². The molecular weight excluding hydrogens is 468 g/mol. The second-order valence-corrected chi connectivity index (χ2v) is 8.93. The van der Waals surface area contributed by atoms with Crippen molar-refractivity contribution in [2.24, 2.45) is 0 Å². The van der Waals surface area contributed by atoms with Crippen molar-refractivity contribution in [2.45, 2.75) is 12.1 Å². The molecule has 0 bridgehead atoms. The normalized spacial score (nSPS) is 10.7. The molecule has 0 saturated carbocycles. The van der Waals surface area contributed by atoms with Crippen LogP contribution in [0.25, 0.3) is 5.69 Å². The highest BCUT2D eigenvalue weighted by molar-refractivity contribution is 7.99. The predicted octanol–water partition coefficient (Wildman–Crippen LogP) is 5.24. The van der Waals surface area contributed by atoms with Crippen molar-refractivity contribution in [3.05, 3.63) is 81.8 Å². The minimum atomic E-state index is -0.429. The molecule has 2 aromatic heterocycles. The topological polar surface area (TPSA) is 86.1 Å². The Kier molecular flexibility index (Phi) is 6.89. The average molecular weight is 485 g/mol. The summed E-state index contributed by atoms with van der Waals surface area (Å²) in [6.45, 7) is 1.92. The molecular formula is C22H17ClN4O3S2. The summed E-state index contributed by atoms with van der Waals surface area (Å²) in [7, 11) is 0. The quantitative estimate of drug-likeness (QED) is 0.219. The number of aryl methyl sites for hydroxylation is 1. The molecule has 0 aliphatic rings. The van der Waals surface area contributed by atoms with Gasteiger partial charge < -0.3 is 10.1 Å². The number of anilines is 1. The third-order valence-electron chi connectivity index (χ3n) is 4.36. The smallest absolute Gasteiger partial charge is 0.321 e.